The summed E-state index contributed by atoms with van der Waals surface area (Å²) in [7, 11) is 0. The zero-order valence-electron chi connectivity index (χ0n) is 15.3. The molecule has 0 spiro atoms. The Kier molecular flexibility index (Phi) is 6.74. The predicted molar refractivity (Wildman–Crippen MR) is 118 cm³/mol. The highest BCUT2D eigenvalue weighted by molar-refractivity contribution is 14.0. The average Bonchev–Trinajstić information content (AvgIpc) is 3.28. The first-order chi connectivity index (χ1) is 13.3. The van der Waals surface area contributed by atoms with Crippen molar-refractivity contribution in [1.82, 2.24) is 29.6 Å². The monoisotopic (exact) mass is 491 g/mol. The van der Waals surface area contributed by atoms with Crippen molar-refractivity contribution < 1.29 is 0 Å². The molecule has 1 saturated heterocycles. The maximum atomic E-state index is 6.19. The quantitative estimate of drug-likeness (QED) is 0.334. The Morgan fingerprint density at radius 1 is 1.04 bits per heavy atom. The second-order valence-corrected chi connectivity index (χ2v) is 6.20. The van der Waals surface area contributed by atoms with Crippen LogP contribution in [-0.2, 0) is 6.54 Å². The van der Waals surface area contributed by atoms with Gasteiger partial charge >= 0.3 is 0 Å². The molecule has 2 N–H and O–H groups in total. The van der Waals surface area contributed by atoms with Crippen LogP contribution in [0.5, 0.6) is 0 Å². The second-order valence-electron chi connectivity index (χ2n) is 6.20. The minimum absolute atomic E-state index is 0. The van der Waals surface area contributed by atoms with Gasteiger partial charge in [-0.05, 0) is 23.8 Å². The lowest BCUT2D eigenvalue weighted by atomic mass is 10.2. The number of aromatic nitrogens is 5. The number of rotatable bonds is 4. The van der Waals surface area contributed by atoms with E-state index in [9.17, 15) is 0 Å². The number of halogens is 1. The zero-order chi connectivity index (χ0) is 18.5. The third kappa shape index (κ3) is 4.74. The lowest BCUT2D eigenvalue weighted by Gasteiger charge is -2.35. The van der Waals surface area contributed by atoms with Gasteiger partial charge in [0.25, 0.3) is 0 Å². The van der Waals surface area contributed by atoms with Crippen molar-refractivity contribution in [1.29, 1.82) is 0 Å². The lowest BCUT2D eigenvalue weighted by Crippen LogP contribution is -2.51. The van der Waals surface area contributed by atoms with Gasteiger partial charge in [0.1, 0.15) is 12.7 Å². The summed E-state index contributed by atoms with van der Waals surface area (Å²) >= 11 is 0. The molecule has 3 heterocycles. The van der Waals surface area contributed by atoms with E-state index in [1.807, 2.05) is 30.3 Å². The molecule has 1 aliphatic heterocycles. The summed E-state index contributed by atoms with van der Waals surface area (Å²) < 4.78 is 1.72. The first-order valence-corrected chi connectivity index (χ1v) is 8.80. The maximum absolute atomic E-state index is 6.19. The van der Waals surface area contributed by atoms with Gasteiger partial charge in [-0.15, -0.1) is 24.0 Å². The van der Waals surface area contributed by atoms with Gasteiger partial charge in [0.15, 0.2) is 5.96 Å². The number of aliphatic imine (C=N–C) groups is 1. The topological polar surface area (TPSA) is 101 Å². The van der Waals surface area contributed by atoms with Crippen molar-refractivity contribution in [3.8, 4) is 5.69 Å². The van der Waals surface area contributed by atoms with Gasteiger partial charge in [-0.1, -0.05) is 12.1 Å². The van der Waals surface area contributed by atoms with E-state index in [-0.39, 0.29) is 24.0 Å². The van der Waals surface area contributed by atoms with E-state index in [0.29, 0.717) is 12.5 Å². The van der Waals surface area contributed by atoms with Crippen LogP contribution in [0.25, 0.3) is 5.69 Å². The standard InChI is InChI=1S/C18H21N9.HI/c19-17(25-8-10-26(11-9-25)18-21-6-1-7-22-18)23-12-15-2-4-16(5-3-15)27-14-20-13-24-27;/h1-7,13-14H,8-12H2,(H2,19,23);1H. The molecule has 9 nitrogen and oxygen atoms in total. The number of hydrogen-bond donors (Lipinski definition) is 1. The van der Waals surface area contributed by atoms with Gasteiger partial charge in [0.2, 0.25) is 5.95 Å². The predicted octanol–water partition coefficient (Wildman–Crippen LogP) is 1.31. The third-order valence-corrected chi connectivity index (χ3v) is 4.48. The molecule has 0 unspecified atom stereocenters. The summed E-state index contributed by atoms with van der Waals surface area (Å²) in [5.74, 6) is 1.34. The van der Waals surface area contributed by atoms with Crippen molar-refractivity contribution in [2.75, 3.05) is 31.1 Å². The highest BCUT2D eigenvalue weighted by Crippen LogP contribution is 2.11. The van der Waals surface area contributed by atoms with Crippen LogP contribution in [0.15, 0.2) is 60.4 Å². The van der Waals surface area contributed by atoms with E-state index in [2.05, 4.69) is 34.8 Å². The van der Waals surface area contributed by atoms with Gasteiger partial charge in [0, 0.05) is 38.6 Å². The van der Waals surface area contributed by atoms with Crippen molar-refractivity contribution in [3.05, 3.63) is 60.9 Å². The number of hydrogen-bond acceptors (Lipinski definition) is 6. The molecule has 4 rings (SSSR count). The van der Waals surface area contributed by atoms with Crippen LogP contribution in [0, 0.1) is 0 Å². The number of nitrogens with zero attached hydrogens (tertiary/aromatic N) is 8. The Hall–Kier alpha value is -2.76. The number of piperazine rings is 1. The minimum Gasteiger partial charge on any atom is -0.370 e. The fourth-order valence-electron chi connectivity index (χ4n) is 2.96. The molecule has 1 aliphatic rings. The van der Waals surface area contributed by atoms with E-state index < -0.39 is 0 Å². The molecular weight excluding hydrogens is 469 g/mol. The Balaban J connectivity index is 0.00000225. The Morgan fingerprint density at radius 3 is 2.39 bits per heavy atom. The molecule has 10 heteroatoms. The molecule has 0 bridgehead atoms. The Bertz CT molecular complexity index is 873. The van der Waals surface area contributed by atoms with Crippen molar-refractivity contribution >= 4 is 35.9 Å². The molecule has 0 atom stereocenters. The van der Waals surface area contributed by atoms with Gasteiger partial charge in [0.05, 0.1) is 12.2 Å². The molecule has 1 aromatic carbocycles. The molecule has 28 heavy (non-hydrogen) atoms. The van der Waals surface area contributed by atoms with E-state index in [1.54, 1.807) is 23.4 Å². The maximum Gasteiger partial charge on any atom is 0.225 e. The number of benzene rings is 1. The fraction of sp³-hybridized carbons (Fsp3) is 0.278. The van der Waals surface area contributed by atoms with E-state index in [4.69, 9.17) is 5.73 Å². The third-order valence-electron chi connectivity index (χ3n) is 4.48. The molecule has 1 fully saturated rings. The van der Waals surface area contributed by atoms with Gasteiger partial charge in [-0.3, -0.25) is 0 Å². The summed E-state index contributed by atoms with van der Waals surface area (Å²) in [5.41, 5.74) is 8.25. The Labute approximate surface area is 180 Å². The molecule has 0 saturated carbocycles. The van der Waals surface area contributed by atoms with Crippen LogP contribution < -0.4 is 10.6 Å². The number of nitrogens with two attached hydrogens (primary N) is 1. The van der Waals surface area contributed by atoms with Crippen molar-refractivity contribution in [3.63, 3.8) is 0 Å². The van der Waals surface area contributed by atoms with E-state index in [0.717, 1.165) is 43.4 Å². The summed E-state index contributed by atoms with van der Waals surface area (Å²) in [5, 5.41) is 4.12. The SMILES string of the molecule is I.NC(=NCc1ccc(-n2cncn2)cc1)N1CCN(c2ncccn2)CC1. The Morgan fingerprint density at radius 2 is 1.75 bits per heavy atom. The molecule has 0 radical (unpaired) electrons. The molecule has 0 aliphatic carbocycles. The van der Waals surface area contributed by atoms with Crippen LogP contribution in [0.3, 0.4) is 0 Å². The summed E-state index contributed by atoms with van der Waals surface area (Å²) in [6.45, 7) is 3.81. The van der Waals surface area contributed by atoms with Gasteiger partial charge in [-0.25, -0.2) is 24.6 Å². The summed E-state index contributed by atoms with van der Waals surface area (Å²) in [6.07, 6.45) is 6.71. The van der Waals surface area contributed by atoms with Crippen LogP contribution in [0.1, 0.15) is 5.56 Å². The summed E-state index contributed by atoms with van der Waals surface area (Å²) in [6, 6.07) is 9.86. The van der Waals surface area contributed by atoms with Crippen LogP contribution in [0.4, 0.5) is 5.95 Å². The first-order valence-electron chi connectivity index (χ1n) is 8.80. The molecule has 0 amide bonds. The first kappa shape index (κ1) is 20.0. The highest BCUT2D eigenvalue weighted by atomic mass is 127. The van der Waals surface area contributed by atoms with Gasteiger partial charge < -0.3 is 15.5 Å². The van der Waals surface area contributed by atoms with Gasteiger partial charge in [-0.2, -0.15) is 5.10 Å². The fourth-order valence-corrected chi connectivity index (χ4v) is 2.96. The molecule has 2 aromatic heterocycles. The average molecular weight is 491 g/mol. The smallest absolute Gasteiger partial charge is 0.225 e. The summed E-state index contributed by atoms with van der Waals surface area (Å²) in [4.78, 5) is 21.4. The van der Waals surface area contributed by atoms with Crippen LogP contribution in [-0.4, -0.2) is 61.8 Å². The zero-order valence-corrected chi connectivity index (χ0v) is 17.6. The van der Waals surface area contributed by atoms with Crippen molar-refractivity contribution in [2.24, 2.45) is 10.7 Å². The minimum atomic E-state index is 0. The van der Waals surface area contributed by atoms with Crippen LogP contribution in [0.2, 0.25) is 0 Å². The molecule has 3 aromatic rings. The van der Waals surface area contributed by atoms with E-state index >= 15 is 0 Å². The lowest BCUT2D eigenvalue weighted by molar-refractivity contribution is 0.378. The second kappa shape index (κ2) is 9.44. The largest absolute Gasteiger partial charge is 0.370 e. The van der Waals surface area contributed by atoms with Crippen LogP contribution >= 0.6 is 24.0 Å². The van der Waals surface area contributed by atoms with Crippen molar-refractivity contribution in [2.45, 2.75) is 6.54 Å². The highest BCUT2D eigenvalue weighted by Gasteiger charge is 2.19. The number of guanidine groups is 1. The molecule has 146 valence electrons. The number of anilines is 1. The normalized spacial score (nSPS) is 14.6. The molecular formula is C18H22IN9. The van der Waals surface area contributed by atoms with E-state index in [1.165, 1.54) is 6.33 Å².